The molecule has 3 aliphatic rings. The zero-order chi connectivity index (χ0) is 12.2. The van der Waals surface area contributed by atoms with Gasteiger partial charge in [-0.2, -0.15) is 0 Å². The van der Waals surface area contributed by atoms with Gasteiger partial charge < -0.3 is 14.2 Å². The molecule has 1 saturated heterocycles. The summed E-state index contributed by atoms with van der Waals surface area (Å²) in [6, 6.07) is 0. The van der Waals surface area contributed by atoms with Gasteiger partial charge in [-0.15, -0.1) is 0 Å². The summed E-state index contributed by atoms with van der Waals surface area (Å²) in [5.41, 5.74) is 0. The third-order valence-electron chi connectivity index (χ3n) is 4.50. The molecule has 0 radical (unpaired) electrons. The molecule has 1 aliphatic heterocycles. The third kappa shape index (κ3) is 3.14. The van der Waals surface area contributed by atoms with Crippen molar-refractivity contribution in [1.82, 2.24) is 0 Å². The van der Waals surface area contributed by atoms with Crippen molar-refractivity contribution in [1.29, 1.82) is 0 Å². The molecule has 102 valence electrons. The SMILES string of the molecule is C1=CC2CC1CC2COCCOCC1CCOC1. The summed E-state index contributed by atoms with van der Waals surface area (Å²) in [6.45, 7) is 5.00. The Kier molecular flexibility index (Phi) is 4.34. The number of fused-ring (bicyclic) bond motifs is 2. The molecule has 3 heteroatoms. The molecule has 0 amide bonds. The van der Waals surface area contributed by atoms with Gasteiger partial charge in [-0.1, -0.05) is 12.2 Å². The summed E-state index contributed by atoms with van der Waals surface area (Å²) in [5, 5.41) is 0. The van der Waals surface area contributed by atoms with E-state index in [4.69, 9.17) is 14.2 Å². The van der Waals surface area contributed by atoms with E-state index >= 15 is 0 Å². The lowest BCUT2D eigenvalue weighted by molar-refractivity contribution is 0.0176. The standard InChI is InChI=1S/C15H24O3/c1-2-14-7-12(1)8-15(14)11-18-6-5-17-10-13-3-4-16-9-13/h1-2,12-15H,3-11H2. The van der Waals surface area contributed by atoms with E-state index in [0.717, 1.165) is 63.8 Å². The molecule has 2 aliphatic carbocycles. The second kappa shape index (κ2) is 6.18. The van der Waals surface area contributed by atoms with Crippen molar-refractivity contribution < 1.29 is 14.2 Å². The van der Waals surface area contributed by atoms with Crippen molar-refractivity contribution >= 4 is 0 Å². The van der Waals surface area contributed by atoms with E-state index in [2.05, 4.69) is 12.2 Å². The number of hydrogen-bond donors (Lipinski definition) is 0. The van der Waals surface area contributed by atoms with Gasteiger partial charge in [-0.25, -0.2) is 0 Å². The number of allylic oxidation sites excluding steroid dienone is 2. The van der Waals surface area contributed by atoms with Crippen molar-refractivity contribution in [3.8, 4) is 0 Å². The van der Waals surface area contributed by atoms with E-state index in [1.807, 2.05) is 0 Å². The minimum absolute atomic E-state index is 0.612. The average Bonchev–Trinajstić information content (AvgIpc) is 3.10. The largest absolute Gasteiger partial charge is 0.381 e. The van der Waals surface area contributed by atoms with Crippen LogP contribution in [0.3, 0.4) is 0 Å². The smallest absolute Gasteiger partial charge is 0.0700 e. The monoisotopic (exact) mass is 252 g/mol. The third-order valence-corrected chi connectivity index (χ3v) is 4.50. The molecule has 18 heavy (non-hydrogen) atoms. The average molecular weight is 252 g/mol. The fraction of sp³-hybridized carbons (Fsp3) is 0.867. The van der Waals surface area contributed by atoms with Crippen LogP contribution in [-0.4, -0.2) is 39.6 Å². The first-order chi connectivity index (χ1) is 8.92. The van der Waals surface area contributed by atoms with Crippen LogP contribution in [0, 0.1) is 23.7 Å². The Morgan fingerprint density at radius 3 is 2.61 bits per heavy atom. The summed E-state index contributed by atoms with van der Waals surface area (Å²) >= 11 is 0. The van der Waals surface area contributed by atoms with Crippen LogP contribution in [-0.2, 0) is 14.2 Å². The molecule has 3 nitrogen and oxygen atoms in total. The maximum Gasteiger partial charge on any atom is 0.0700 e. The Balaban J connectivity index is 1.20. The van der Waals surface area contributed by atoms with Crippen molar-refractivity contribution in [2.45, 2.75) is 19.3 Å². The molecule has 1 saturated carbocycles. The van der Waals surface area contributed by atoms with Crippen LogP contribution in [0.5, 0.6) is 0 Å². The van der Waals surface area contributed by atoms with Crippen LogP contribution in [0.25, 0.3) is 0 Å². The number of ether oxygens (including phenoxy) is 3. The Bertz CT molecular complexity index is 283. The first-order valence-corrected chi connectivity index (χ1v) is 7.33. The molecule has 4 atom stereocenters. The van der Waals surface area contributed by atoms with Gasteiger partial charge in [-0.05, 0) is 37.0 Å². The van der Waals surface area contributed by atoms with Gasteiger partial charge in [0.15, 0.2) is 0 Å². The van der Waals surface area contributed by atoms with Crippen LogP contribution in [0.4, 0.5) is 0 Å². The first kappa shape index (κ1) is 12.6. The molecule has 2 bridgehead atoms. The van der Waals surface area contributed by atoms with Gasteiger partial charge in [0.05, 0.1) is 33.0 Å². The number of rotatable bonds is 7. The minimum atomic E-state index is 0.612. The highest BCUT2D eigenvalue weighted by molar-refractivity contribution is 5.09. The highest BCUT2D eigenvalue weighted by atomic mass is 16.5. The predicted molar refractivity (Wildman–Crippen MR) is 69.4 cm³/mol. The molecule has 4 unspecified atom stereocenters. The molecule has 3 rings (SSSR count). The van der Waals surface area contributed by atoms with Crippen LogP contribution < -0.4 is 0 Å². The maximum atomic E-state index is 5.74. The second-order valence-corrected chi connectivity index (χ2v) is 5.92. The van der Waals surface area contributed by atoms with Gasteiger partial charge in [0.25, 0.3) is 0 Å². The Morgan fingerprint density at radius 1 is 1.06 bits per heavy atom. The fourth-order valence-electron chi connectivity index (χ4n) is 3.40. The first-order valence-electron chi connectivity index (χ1n) is 7.33. The van der Waals surface area contributed by atoms with Crippen LogP contribution >= 0.6 is 0 Å². The topological polar surface area (TPSA) is 27.7 Å². The van der Waals surface area contributed by atoms with E-state index in [1.165, 1.54) is 12.8 Å². The molecule has 0 N–H and O–H groups in total. The van der Waals surface area contributed by atoms with E-state index in [1.54, 1.807) is 0 Å². The van der Waals surface area contributed by atoms with Crippen LogP contribution in [0.1, 0.15) is 19.3 Å². The van der Waals surface area contributed by atoms with Crippen molar-refractivity contribution in [3.05, 3.63) is 12.2 Å². The predicted octanol–water partition coefficient (Wildman–Crippen LogP) is 2.27. The summed E-state index contributed by atoms with van der Waals surface area (Å²) in [4.78, 5) is 0. The maximum absolute atomic E-state index is 5.74. The summed E-state index contributed by atoms with van der Waals surface area (Å²) in [6.07, 6.45) is 8.62. The highest BCUT2D eigenvalue weighted by Crippen LogP contribution is 2.43. The van der Waals surface area contributed by atoms with Crippen molar-refractivity contribution in [2.75, 3.05) is 39.6 Å². The molecule has 0 aromatic carbocycles. The van der Waals surface area contributed by atoms with E-state index in [0.29, 0.717) is 5.92 Å². The minimum Gasteiger partial charge on any atom is -0.381 e. The van der Waals surface area contributed by atoms with Crippen LogP contribution in [0.2, 0.25) is 0 Å². The molecular weight excluding hydrogens is 228 g/mol. The van der Waals surface area contributed by atoms with Gasteiger partial charge >= 0.3 is 0 Å². The summed E-state index contributed by atoms with van der Waals surface area (Å²) in [7, 11) is 0. The molecule has 0 spiro atoms. The Morgan fingerprint density at radius 2 is 1.94 bits per heavy atom. The van der Waals surface area contributed by atoms with Crippen molar-refractivity contribution in [2.24, 2.45) is 23.7 Å². The summed E-state index contributed by atoms with van der Waals surface area (Å²) < 4.78 is 16.7. The number of hydrogen-bond acceptors (Lipinski definition) is 3. The fourth-order valence-corrected chi connectivity index (χ4v) is 3.40. The van der Waals surface area contributed by atoms with Crippen LogP contribution in [0.15, 0.2) is 12.2 Å². The van der Waals surface area contributed by atoms with Crippen molar-refractivity contribution in [3.63, 3.8) is 0 Å². The lowest BCUT2D eigenvalue weighted by atomic mass is 9.95. The molecule has 0 aromatic rings. The van der Waals surface area contributed by atoms with Gasteiger partial charge in [0, 0.05) is 12.5 Å². The molecule has 0 aromatic heterocycles. The molecule has 1 heterocycles. The highest BCUT2D eigenvalue weighted by Gasteiger charge is 2.35. The lowest BCUT2D eigenvalue weighted by Gasteiger charge is -2.18. The Labute approximate surface area is 109 Å². The zero-order valence-corrected chi connectivity index (χ0v) is 11.1. The van der Waals surface area contributed by atoms with Gasteiger partial charge in [-0.3, -0.25) is 0 Å². The Hall–Kier alpha value is -0.380. The molecular formula is C15H24O3. The zero-order valence-electron chi connectivity index (χ0n) is 11.1. The summed E-state index contributed by atoms with van der Waals surface area (Å²) in [5.74, 6) is 3.03. The lowest BCUT2D eigenvalue weighted by Crippen LogP contribution is -2.17. The second-order valence-electron chi connectivity index (χ2n) is 5.92. The van der Waals surface area contributed by atoms with E-state index in [-0.39, 0.29) is 0 Å². The van der Waals surface area contributed by atoms with E-state index in [9.17, 15) is 0 Å². The van der Waals surface area contributed by atoms with E-state index < -0.39 is 0 Å². The van der Waals surface area contributed by atoms with Gasteiger partial charge in [0.2, 0.25) is 0 Å². The quantitative estimate of drug-likeness (QED) is 0.514. The normalized spacial score (nSPS) is 37.8. The van der Waals surface area contributed by atoms with Gasteiger partial charge in [0.1, 0.15) is 0 Å². The molecule has 2 fully saturated rings.